The Balaban J connectivity index is 1.15. The number of nitrogens with one attached hydrogen (secondary N) is 2. The maximum absolute atomic E-state index is 12.8. The number of pyridine rings is 1. The predicted molar refractivity (Wildman–Crippen MR) is 158 cm³/mol. The van der Waals surface area contributed by atoms with Gasteiger partial charge in [0.15, 0.2) is 0 Å². The van der Waals surface area contributed by atoms with Crippen molar-refractivity contribution >= 4 is 33.4 Å². The van der Waals surface area contributed by atoms with Crippen molar-refractivity contribution in [1.82, 2.24) is 9.97 Å². The highest BCUT2D eigenvalue weighted by Crippen LogP contribution is 2.32. The summed E-state index contributed by atoms with van der Waals surface area (Å²) in [5, 5.41) is 5.32. The van der Waals surface area contributed by atoms with Gasteiger partial charge in [-0.2, -0.15) is 0 Å². The number of rotatable bonds is 8. The topological polar surface area (TPSA) is 67.0 Å². The number of carbonyl (C=O) groups excluding carboxylic acids is 1. The van der Waals surface area contributed by atoms with Crippen LogP contribution in [0.1, 0.15) is 24.0 Å². The van der Waals surface area contributed by atoms with Crippen LogP contribution < -0.4 is 10.1 Å². The van der Waals surface area contributed by atoms with E-state index in [0.717, 1.165) is 57.8 Å². The molecule has 0 fully saturated rings. The Morgan fingerprint density at radius 1 is 0.846 bits per heavy atom. The molecule has 0 aliphatic rings. The van der Waals surface area contributed by atoms with Gasteiger partial charge in [0.1, 0.15) is 11.5 Å². The third kappa shape index (κ3) is 5.53. The summed E-state index contributed by atoms with van der Waals surface area (Å²) >= 11 is 0. The Morgan fingerprint density at radius 3 is 2.46 bits per heavy atom. The van der Waals surface area contributed by atoms with E-state index in [1.807, 2.05) is 72.8 Å². The van der Waals surface area contributed by atoms with Gasteiger partial charge in [-0.3, -0.25) is 4.79 Å². The molecule has 39 heavy (non-hydrogen) atoms. The summed E-state index contributed by atoms with van der Waals surface area (Å²) in [5.41, 5.74) is 7.16. The average Bonchev–Trinajstić information content (AvgIpc) is 3.32. The molecule has 5 nitrogen and oxygen atoms in total. The highest BCUT2D eigenvalue weighted by atomic mass is 16.5. The van der Waals surface area contributed by atoms with Gasteiger partial charge in [-0.1, -0.05) is 54.1 Å². The number of anilines is 1. The molecule has 2 heterocycles. The molecule has 4 aromatic carbocycles. The van der Waals surface area contributed by atoms with Crippen LogP contribution in [-0.4, -0.2) is 15.9 Å². The average molecular weight is 512 g/mol. The number of para-hydroxylation sites is 2. The Morgan fingerprint density at radius 2 is 1.62 bits per heavy atom. The van der Waals surface area contributed by atoms with Gasteiger partial charge in [-0.15, -0.1) is 0 Å². The number of aryl methyl sites for hydroxylation is 2. The van der Waals surface area contributed by atoms with Gasteiger partial charge in [0, 0.05) is 28.4 Å². The number of carbonyl (C=O) groups is 1. The van der Waals surface area contributed by atoms with E-state index < -0.39 is 0 Å². The van der Waals surface area contributed by atoms with E-state index in [1.54, 1.807) is 0 Å². The summed E-state index contributed by atoms with van der Waals surface area (Å²) in [4.78, 5) is 21.3. The first-order valence-corrected chi connectivity index (χ1v) is 13.2. The van der Waals surface area contributed by atoms with Crippen molar-refractivity contribution in [1.29, 1.82) is 0 Å². The summed E-state index contributed by atoms with van der Waals surface area (Å²) in [7, 11) is 0. The second-order valence-corrected chi connectivity index (χ2v) is 9.76. The standard InChI is InChI=1S/C34H29N3O2/c1-23-14-20-31-29(22-23)28(34(37-31)32-21-15-24-8-5-6-12-30(24)36-32)11-7-13-33(38)35-25-16-18-27(19-17-25)39-26-9-3-2-4-10-26/h2-6,8-10,12,14-22,37H,7,11,13H2,1H3,(H,35,38). The van der Waals surface area contributed by atoms with Crippen molar-refractivity contribution in [3.05, 3.63) is 120 Å². The van der Waals surface area contributed by atoms with Crippen LogP contribution in [0.3, 0.4) is 0 Å². The third-order valence-corrected chi connectivity index (χ3v) is 6.86. The van der Waals surface area contributed by atoms with Crippen molar-refractivity contribution < 1.29 is 9.53 Å². The fraction of sp³-hybridized carbons (Fsp3) is 0.118. The van der Waals surface area contributed by atoms with Gasteiger partial charge in [0.05, 0.1) is 16.9 Å². The number of nitrogens with zero attached hydrogens (tertiary/aromatic N) is 1. The Kier molecular flexibility index (Phi) is 6.79. The highest BCUT2D eigenvalue weighted by Gasteiger charge is 2.15. The quantitative estimate of drug-likeness (QED) is 0.215. The molecule has 0 unspecified atom stereocenters. The number of hydrogen-bond donors (Lipinski definition) is 2. The minimum absolute atomic E-state index is 0.00636. The van der Waals surface area contributed by atoms with Gasteiger partial charge in [0.25, 0.3) is 0 Å². The molecule has 2 N–H and O–H groups in total. The molecule has 5 heteroatoms. The minimum atomic E-state index is -0.00636. The monoisotopic (exact) mass is 511 g/mol. The van der Waals surface area contributed by atoms with Crippen LogP contribution in [0.2, 0.25) is 0 Å². The molecular weight excluding hydrogens is 482 g/mol. The molecule has 0 atom stereocenters. The Hall–Kier alpha value is -4.90. The van der Waals surface area contributed by atoms with E-state index in [-0.39, 0.29) is 5.91 Å². The zero-order chi connectivity index (χ0) is 26.6. The van der Waals surface area contributed by atoms with E-state index >= 15 is 0 Å². The summed E-state index contributed by atoms with van der Waals surface area (Å²) in [6.45, 7) is 2.10. The van der Waals surface area contributed by atoms with Crippen LogP contribution in [0.15, 0.2) is 109 Å². The number of H-pyrrole nitrogens is 1. The van der Waals surface area contributed by atoms with E-state index in [1.165, 1.54) is 16.5 Å². The predicted octanol–water partition coefficient (Wildman–Crippen LogP) is 8.45. The summed E-state index contributed by atoms with van der Waals surface area (Å²) in [6, 6.07) is 35.9. The molecule has 6 aromatic rings. The second-order valence-electron chi connectivity index (χ2n) is 9.76. The molecule has 0 radical (unpaired) electrons. The summed E-state index contributed by atoms with van der Waals surface area (Å²) < 4.78 is 5.84. The molecule has 0 aliphatic heterocycles. The van der Waals surface area contributed by atoms with E-state index in [2.05, 4.69) is 53.6 Å². The molecule has 0 saturated carbocycles. The van der Waals surface area contributed by atoms with Crippen molar-refractivity contribution in [2.24, 2.45) is 0 Å². The second kappa shape index (κ2) is 10.8. The lowest BCUT2D eigenvalue weighted by molar-refractivity contribution is -0.116. The molecule has 0 bridgehead atoms. The lowest BCUT2D eigenvalue weighted by Crippen LogP contribution is -2.11. The normalized spacial score (nSPS) is 11.1. The van der Waals surface area contributed by atoms with Crippen LogP contribution >= 0.6 is 0 Å². The summed E-state index contributed by atoms with van der Waals surface area (Å²) in [5.74, 6) is 1.50. The first-order valence-electron chi connectivity index (χ1n) is 13.2. The fourth-order valence-electron chi connectivity index (χ4n) is 4.93. The molecule has 0 spiro atoms. The molecule has 1 amide bonds. The smallest absolute Gasteiger partial charge is 0.224 e. The number of amides is 1. The first kappa shape index (κ1) is 24.4. The zero-order valence-electron chi connectivity index (χ0n) is 21.8. The van der Waals surface area contributed by atoms with Crippen LogP contribution in [-0.2, 0) is 11.2 Å². The maximum atomic E-state index is 12.8. The van der Waals surface area contributed by atoms with Crippen molar-refractivity contribution in [3.8, 4) is 22.9 Å². The Labute approximate surface area is 227 Å². The Bertz CT molecular complexity index is 1760. The number of ether oxygens (including phenoxy) is 1. The van der Waals surface area contributed by atoms with E-state index in [9.17, 15) is 4.79 Å². The maximum Gasteiger partial charge on any atom is 0.224 e. The number of fused-ring (bicyclic) bond motifs is 2. The third-order valence-electron chi connectivity index (χ3n) is 6.86. The van der Waals surface area contributed by atoms with Gasteiger partial charge in [-0.05, 0) is 86.0 Å². The molecule has 0 saturated heterocycles. The van der Waals surface area contributed by atoms with Gasteiger partial charge in [-0.25, -0.2) is 4.98 Å². The van der Waals surface area contributed by atoms with Crippen molar-refractivity contribution in [2.75, 3.05) is 5.32 Å². The van der Waals surface area contributed by atoms with Crippen LogP contribution in [0.5, 0.6) is 11.5 Å². The number of aromatic amines is 1. The largest absolute Gasteiger partial charge is 0.457 e. The van der Waals surface area contributed by atoms with Gasteiger partial charge in [0.2, 0.25) is 5.91 Å². The number of hydrogen-bond acceptors (Lipinski definition) is 3. The van der Waals surface area contributed by atoms with Crippen LogP contribution in [0.25, 0.3) is 33.2 Å². The molecule has 0 aliphatic carbocycles. The molecule has 6 rings (SSSR count). The molecule has 2 aromatic heterocycles. The van der Waals surface area contributed by atoms with Gasteiger partial charge < -0.3 is 15.0 Å². The number of aromatic nitrogens is 2. The summed E-state index contributed by atoms with van der Waals surface area (Å²) in [6.07, 6.45) is 1.92. The fourth-order valence-corrected chi connectivity index (χ4v) is 4.93. The lowest BCUT2D eigenvalue weighted by atomic mass is 10.0. The SMILES string of the molecule is Cc1ccc2[nH]c(-c3ccc4ccccc4n3)c(CCCC(=O)Nc3ccc(Oc4ccccc4)cc3)c2c1. The highest BCUT2D eigenvalue weighted by molar-refractivity contribution is 5.93. The van der Waals surface area contributed by atoms with E-state index in [0.29, 0.717) is 6.42 Å². The van der Waals surface area contributed by atoms with Crippen LogP contribution in [0.4, 0.5) is 5.69 Å². The zero-order valence-corrected chi connectivity index (χ0v) is 21.8. The number of benzene rings is 4. The lowest BCUT2D eigenvalue weighted by Gasteiger charge is -2.09. The van der Waals surface area contributed by atoms with E-state index in [4.69, 9.17) is 9.72 Å². The van der Waals surface area contributed by atoms with Crippen molar-refractivity contribution in [2.45, 2.75) is 26.2 Å². The van der Waals surface area contributed by atoms with Crippen LogP contribution in [0, 0.1) is 6.92 Å². The molecular formula is C34H29N3O2. The minimum Gasteiger partial charge on any atom is -0.457 e. The molecule has 192 valence electrons. The van der Waals surface area contributed by atoms with Gasteiger partial charge >= 0.3 is 0 Å². The van der Waals surface area contributed by atoms with Crippen molar-refractivity contribution in [3.63, 3.8) is 0 Å². The first-order chi connectivity index (χ1) is 19.1.